The second-order valence-corrected chi connectivity index (χ2v) is 9.70. The Morgan fingerprint density at radius 3 is 2.31 bits per heavy atom. The van der Waals surface area contributed by atoms with Gasteiger partial charge in [0.1, 0.15) is 0 Å². The minimum Gasteiger partial charge on any atom is -0.308 e. The number of benzene rings is 1. The van der Waals surface area contributed by atoms with Crippen LogP contribution >= 0.6 is 0 Å². The average molecular weight is 391 g/mol. The van der Waals surface area contributed by atoms with Gasteiger partial charge in [-0.1, -0.05) is 24.3 Å². The second kappa shape index (κ2) is 8.19. The van der Waals surface area contributed by atoms with Gasteiger partial charge < -0.3 is 10.7 Å². The van der Waals surface area contributed by atoms with E-state index in [0.29, 0.717) is 5.92 Å². The second-order valence-electron chi connectivity index (χ2n) is 9.70. The fourth-order valence-corrected chi connectivity index (χ4v) is 5.05. The van der Waals surface area contributed by atoms with Crippen LogP contribution in [0.15, 0.2) is 36.4 Å². The Bertz CT molecular complexity index is 891. The van der Waals surface area contributed by atoms with E-state index in [2.05, 4.69) is 80.5 Å². The summed E-state index contributed by atoms with van der Waals surface area (Å²) in [5.41, 5.74) is 6.51. The molecule has 2 N–H and O–H groups in total. The zero-order chi connectivity index (χ0) is 21.2. The molecule has 3 rings (SSSR count). The van der Waals surface area contributed by atoms with Crippen LogP contribution in [0.5, 0.6) is 0 Å². The molecule has 0 bridgehead atoms. The third-order valence-corrected chi connectivity index (χ3v) is 5.79. The highest BCUT2D eigenvalue weighted by atomic mass is 15.1. The van der Waals surface area contributed by atoms with Crippen LogP contribution in [0, 0.1) is 18.3 Å². The maximum Gasteiger partial charge on any atom is 0.0932 e. The molecule has 1 aliphatic rings. The van der Waals surface area contributed by atoms with Gasteiger partial charge in [-0.2, -0.15) is 10.2 Å². The third-order valence-electron chi connectivity index (χ3n) is 5.79. The zero-order valence-corrected chi connectivity index (χ0v) is 18.6. The van der Waals surface area contributed by atoms with E-state index in [-0.39, 0.29) is 11.1 Å². The molecule has 0 spiro atoms. The summed E-state index contributed by atoms with van der Waals surface area (Å²) < 4.78 is 0. The van der Waals surface area contributed by atoms with Gasteiger partial charge in [0, 0.05) is 22.9 Å². The maximum atomic E-state index is 7.54. The van der Waals surface area contributed by atoms with Gasteiger partial charge in [-0.05, 0) is 95.6 Å². The zero-order valence-electron chi connectivity index (χ0n) is 18.6. The predicted octanol–water partition coefficient (Wildman–Crippen LogP) is 5.60. The number of aromatic nitrogens is 2. The van der Waals surface area contributed by atoms with Crippen molar-refractivity contribution >= 4 is 11.8 Å². The Balaban J connectivity index is 1.76. The van der Waals surface area contributed by atoms with E-state index >= 15 is 0 Å². The average Bonchev–Trinajstić information content (AvgIpc) is 2.61. The summed E-state index contributed by atoms with van der Waals surface area (Å²) >= 11 is 0. The van der Waals surface area contributed by atoms with E-state index in [1.165, 1.54) is 6.21 Å². The highest BCUT2D eigenvalue weighted by Crippen LogP contribution is 2.34. The number of nitrogens with zero attached hydrogens (tertiary/aromatic N) is 2. The summed E-state index contributed by atoms with van der Waals surface area (Å²) in [6.07, 6.45) is 6.64. The molecule has 4 nitrogen and oxygen atoms in total. The van der Waals surface area contributed by atoms with E-state index in [0.717, 1.165) is 52.9 Å². The lowest BCUT2D eigenvalue weighted by Crippen LogP contribution is -2.58. The standard InChI is InChI=1S/C25H34N4/c1-7-19(16-26)20-8-10-22(17(2)12-20)23-11-9-21(27-28-23)13-18-14-24(3,4)29-25(5,6)15-18/h7-12,16,18,26,29H,13-15H2,1-6H3/b19-7+,26-16?. The molecule has 1 aliphatic heterocycles. The first-order chi connectivity index (χ1) is 13.6. The summed E-state index contributed by atoms with van der Waals surface area (Å²) in [6, 6.07) is 10.5. The summed E-state index contributed by atoms with van der Waals surface area (Å²) in [5, 5.41) is 20.4. The molecule has 0 amide bonds. The Labute approximate surface area is 175 Å². The molecule has 2 heterocycles. The molecule has 29 heavy (non-hydrogen) atoms. The lowest BCUT2D eigenvalue weighted by molar-refractivity contribution is 0.128. The van der Waals surface area contributed by atoms with Crippen LogP contribution < -0.4 is 5.32 Å². The van der Waals surface area contributed by atoms with Gasteiger partial charge in [-0.3, -0.25) is 0 Å². The van der Waals surface area contributed by atoms with Crippen molar-refractivity contribution in [2.75, 3.05) is 0 Å². The molecule has 1 fully saturated rings. The molecule has 0 aliphatic carbocycles. The van der Waals surface area contributed by atoms with Gasteiger partial charge in [0.05, 0.1) is 11.4 Å². The topological polar surface area (TPSA) is 61.7 Å². The minimum atomic E-state index is 0.154. The van der Waals surface area contributed by atoms with Crippen LogP contribution in [0.3, 0.4) is 0 Å². The van der Waals surface area contributed by atoms with Crippen LogP contribution in [-0.4, -0.2) is 27.5 Å². The highest BCUT2D eigenvalue weighted by Gasteiger charge is 2.37. The van der Waals surface area contributed by atoms with Crippen molar-refractivity contribution < 1.29 is 0 Å². The van der Waals surface area contributed by atoms with Crippen molar-refractivity contribution in [3.63, 3.8) is 0 Å². The molecule has 0 atom stereocenters. The van der Waals surface area contributed by atoms with Crippen LogP contribution in [0.25, 0.3) is 16.8 Å². The van der Waals surface area contributed by atoms with Gasteiger partial charge in [-0.15, -0.1) is 0 Å². The van der Waals surface area contributed by atoms with E-state index in [1.54, 1.807) is 0 Å². The van der Waals surface area contributed by atoms with Crippen molar-refractivity contribution in [3.8, 4) is 11.3 Å². The summed E-state index contributed by atoms with van der Waals surface area (Å²) in [4.78, 5) is 0. The lowest BCUT2D eigenvalue weighted by Gasteiger charge is -2.46. The van der Waals surface area contributed by atoms with Crippen LogP contribution in [0.2, 0.25) is 0 Å². The fraction of sp³-hybridized carbons (Fsp3) is 0.480. The van der Waals surface area contributed by atoms with E-state index in [4.69, 9.17) is 5.41 Å². The summed E-state index contributed by atoms with van der Waals surface area (Å²) in [6.45, 7) is 13.2. The van der Waals surface area contributed by atoms with Gasteiger partial charge in [0.2, 0.25) is 0 Å². The Kier molecular flexibility index (Phi) is 6.04. The van der Waals surface area contributed by atoms with Gasteiger partial charge in [0.15, 0.2) is 0 Å². The van der Waals surface area contributed by atoms with E-state index in [9.17, 15) is 0 Å². The van der Waals surface area contributed by atoms with Crippen molar-refractivity contribution in [2.45, 2.75) is 71.9 Å². The highest BCUT2D eigenvalue weighted by molar-refractivity contribution is 6.08. The molecule has 4 heteroatoms. The SMILES string of the molecule is C/C=C(\C=N)c1ccc(-c2ccc(CC3CC(C)(C)NC(C)(C)C3)nn2)c(C)c1. The molecule has 1 aromatic carbocycles. The first-order valence-corrected chi connectivity index (χ1v) is 10.5. The number of hydrogen-bond donors (Lipinski definition) is 2. The molecule has 1 saturated heterocycles. The first kappa shape index (κ1) is 21.4. The van der Waals surface area contributed by atoms with Crippen molar-refractivity contribution in [3.05, 3.63) is 53.2 Å². The number of allylic oxidation sites excluding steroid dienone is 2. The van der Waals surface area contributed by atoms with Crippen LogP contribution in [-0.2, 0) is 6.42 Å². The van der Waals surface area contributed by atoms with Gasteiger partial charge >= 0.3 is 0 Å². The van der Waals surface area contributed by atoms with E-state index in [1.807, 2.05) is 13.0 Å². The van der Waals surface area contributed by atoms with E-state index < -0.39 is 0 Å². The molecule has 154 valence electrons. The first-order valence-electron chi connectivity index (χ1n) is 10.5. The van der Waals surface area contributed by atoms with Crippen LogP contribution in [0.1, 0.15) is 64.3 Å². The predicted molar refractivity (Wildman–Crippen MR) is 122 cm³/mol. The smallest absolute Gasteiger partial charge is 0.0932 e. The third kappa shape index (κ3) is 5.18. The molecular formula is C25H34N4. The quantitative estimate of drug-likeness (QED) is 0.653. The lowest BCUT2D eigenvalue weighted by atomic mass is 9.74. The Hall–Kier alpha value is -2.33. The minimum absolute atomic E-state index is 0.154. The monoisotopic (exact) mass is 390 g/mol. The summed E-state index contributed by atoms with van der Waals surface area (Å²) in [5.74, 6) is 0.614. The number of aryl methyl sites for hydroxylation is 1. The van der Waals surface area contributed by atoms with Crippen LogP contribution in [0.4, 0.5) is 0 Å². The molecule has 0 unspecified atom stereocenters. The van der Waals surface area contributed by atoms with Gasteiger partial charge in [-0.25, -0.2) is 0 Å². The molecule has 0 radical (unpaired) electrons. The number of hydrogen-bond acceptors (Lipinski definition) is 4. The number of nitrogens with one attached hydrogen (secondary N) is 2. The van der Waals surface area contributed by atoms with Crippen molar-refractivity contribution in [2.24, 2.45) is 5.92 Å². The molecular weight excluding hydrogens is 356 g/mol. The molecule has 1 aromatic heterocycles. The van der Waals surface area contributed by atoms with Gasteiger partial charge in [0.25, 0.3) is 0 Å². The molecule has 2 aromatic rings. The molecule has 0 saturated carbocycles. The van der Waals surface area contributed by atoms with Crippen molar-refractivity contribution in [1.82, 2.24) is 15.5 Å². The Morgan fingerprint density at radius 1 is 1.10 bits per heavy atom. The maximum absolute atomic E-state index is 7.54. The number of rotatable bonds is 5. The Morgan fingerprint density at radius 2 is 1.79 bits per heavy atom. The van der Waals surface area contributed by atoms with Crippen molar-refractivity contribution in [1.29, 1.82) is 5.41 Å². The number of piperidine rings is 1. The summed E-state index contributed by atoms with van der Waals surface area (Å²) in [7, 11) is 0. The fourth-order valence-electron chi connectivity index (χ4n) is 5.05. The normalized spacial score (nSPS) is 19.2. The largest absolute Gasteiger partial charge is 0.308 e.